The summed E-state index contributed by atoms with van der Waals surface area (Å²) in [5, 5.41) is 0. The van der Waals surface area contributed by atoms with Crippen molar-refractivity contribution in [2.75, 3.05) is 0 Å². The van der Waals surface area contributed by atoms with E-state index in [2.05, 4.69) is 54.3 Å². The molecule has 0 aromatic heterocycles. The number of hydrogen-bond donors (Lipinski definition) is 0. The SMILES string of the molecule is CCCCC1=C(C)C=[C]([Zr]([CH3])([CH3])(=[SiH2])[C]2=CC=CC2)C1. The molecule has 0 heterocycles. The van der Waals surface area contributed by atoms with Gasteiger partial charge in [0.1, 0.15) is 0 Å². The fourth-order valence-corrected chi connectivity index (χ4v) is 14.2. The zero-order valence-corrected chi connectivity index (χ0v) is 16.9. The van der Waals surface area contributed by atoms with Crippen LogP contribution >= 0.6 is 0 Å². The van der Waals surface area contributed by atoms with Crippen LogP contribution in [0.2, 0.25) is 9.26 Å². The van der Waals surface area contributed by atoms with Crippen molar-refractivity contribution in [3.05, 3.63) is 42.0 Å². The summed E-state index contributed by atoms with van der Waals surface area (Å²) in [7, 11) is 0. The summed E-state index contributed by atoms with van der Waals surface area (Å²) >= 11 is -2.77. The van der Waals surface area contributed by atoms with Crippen LogP contribution in [-0.2, 0) is 17.4 Å². The molecule has 0 radical (unpaired) electrons. The van der Waals surface area contributed by atoms with E-state index in [1.165, 1.54) is 32.1 Å². The Morgan fingerprint density at radius 2 is 2.00 bits per heavy atom. The van der Waals surface area contributed by atoms with Gasteiger partial charge in [0.05, 0.1) is 0 Å². The quantitative estimate of drug-likeness (QED) is 0.614. The van der Waals surface area contributed by atoms with Crippen molar-refractivity contribution in [3.8, 4) is 0 Å². The van der Waals surface area contributed by atoms with Gasteiger partial charge in [0.2, 0.25) is 0 Å². The molecule has 0 fully saturated rings. The van der Waals surface area contributed by atoms with E-state index < -0.39 is 17.4 Å². The topological polar surface area (TPSA) is 0 Å². The second-order valence-electron chi connectivity index (χ2n) is 7.25. The molecule has 0 atom stereocenters. The van der Waals surface area contributed by atoms with Gasteiger partial charge in [0.25, 0.3) is 0 Å². The van der Waals surface area contributed by atoms with Crippen molar-refractivity contribution in [3.63, 3.8) is 0 Å². The van der Waals surface area contributed by atoms with Gasteiger partial charge in [-0.1, -0.05) is 0 Å². The number of unbranched alkanes of at least 4 members (excludes halogenated alkanes) is 1. The summed E-state index contributed by atoms with van der Waals surface area (Å²) in [6, 6.07) is 0. The molecule has 0 nitrogen and oxygen atoms in total. The molecule has 19 heavy (non-hydrogen) atoms. The summed E-state index contributed by atoms with van der Waals surface area (Å²) in [5.41, 5.74) is 3.30. The Kier molecular flexibility index (Phi) is 4.43. The van der Waals surface area contributed by atoms with Crippen LogP contribution in [0.15, 0.2) is 42.0 Å². The fourth-order valence-electron chi connectivity index (χ4n) is 3.22. The van der Waals surface area contributed by atoms with Crippen molar-refractivity contribution in [2.24, 2.45) is 0 Å². The molecule has 0 N–H and O–H groups in total. The molecule has 2 heteroatoms. The Morgan fingerprint density at radius 3 is 2.58 bits per heavy atom. The summed E-state index contributed by atoms with van der Waals surface area (Å²) in [4.78, 5) is 0. The number of hydrogen-bond acceptors (Lipinski definition) is 0. The first-order valence-electron chi connectivity index (χ1n) is 7.67. The van der Waals surface area contributed by atoms with Crippen LogP contribution in [-0.4, -0.2) is 6.88 Å². The molecular weight excluding hydrogens is 323 g/mol. The fraction of sp³-hybridized carbons (Fsp3) is 0.529. The van der Waals surface area contributed by atoms with Crippen molar-refractivity contribution in [1.29, 1.82) is 0 Å². The first-order chi connectivity index (χ1) is 8.83. The van der Waals surface area contributed by atoms with Gasteiger partial charge in [-0.05, 0) is 0 Å². The molecular formula is C17H28SiZr. The first kappa shape index (κ1) is 15.4. The van der Waals surface area contributed by atoms with Gasteiger partial charge in [-0.15, -0.1) is 0 Å². The average Bonchev–Trinajstić information content (AvgIpc) is 2.95. The molecule has 0 bridgehead atoms. The average molecular weight is 352 g/mol. The maximum atomic E-state index is 2.63. The van der Waals surface area contributed by atoms with E-state index in [0.29, 0.717) is 0 Å². The minimum atomic E-state index is -2.77. The Balaban J connectivity index is 2.22. The van der Waals surface area contributed by atoms with E-state index in [9.17, 15) is 0 Å². The zero-order valence-electron chi connectivity index (χ0n) is 13.1. The van der Waals surface area contributed by atoms with E-state index in [1.54, 1.807) is 14.4 Å². The molecule has 0 spiro atoms. The molecule has 0 aliphatic heterocycles. The normalized spacial score (nSPS) is 20.1. The standard InChI is InChI=1S/C10H15.C5H5.2CH3.H2Si.Zr/c1-3-4-7-10-8-5-6-9(10)2;1-2-4-5-3-1;;;;/h6H,3-4,7-8H2,1-2H3;1-3H,4H2;2*1H3;1H2;. The molecule has 104 valence electrons. The first-order valence-corrected chi connectivity index (χ1v) is 21.0. The second-order valence-corrected chi connectivity index (χ2v) is 36.2. The summed E-state index contributed by atoms with van der Waals surface area (Å²) in [5.74, 6) is 0. The van der Waals surface area contributed by atoms with E-state index in [-0.39, 0.29) is 0 Å². The Morgan fingerprint density at radius 1 is 1.26 bits per heavy atom. The Bertz CT molecular complexity index is 564. The van der Waals surface area contributed by atoms with Gasteiger partial charge in [0, 0.05) is 0 Å². The van der Waals surface area contributed by atoms with Crippen molar-refractivity contribution in [1.82, 2.24) is 0 Å². The summed E-state index contributed by atoms with van der Waals surface area (Å²) in [6.45, 7) is 6.99. The molecule has 0 saturated carbocycles. The van der Waals surface area contributed by atoms with E-state index in [1.807, 2.05) is 3.28 Å². The van der Waals surface area contributed by atoms with Crippen LogP contribution in [0.5, 0.6) is 0 Å². The number of allylic oxidation sites excluding steroid dienone is 8. The minimum absolute atomic E-state index is 1.21. The predicted molar refractivity (Wildman–Crippen MR) is 87.0 cm³/mol. The molecule has 0 saturated heterocycles. The Hall–Kier alpha value is 0.0600. The van der Waals surface area contributed by atoms with E-state index in [4.69, 9.17) is 0 Å². The van der Waals surface area contributed by atoms with E-state index >= 15 is 0 Å². The van der Waals surface area contributed by atoms with Crippen LogP contribution in [0.4, 0.5) is 0 Å². The van der Waals surface area contributed by atoms with Gasteiger partial charge in [0.15, 0.2) is 0 Å². The van der Waals surface area contributed by atoms with Crippen LogP contribution in [0, 0.1) is 0 Å². The monoisotopic (exact) mass is 350 g/mol. The van der Waals surface area contributed by atoms with Crippen LogP contribution in [0.3, 0.4) is 0 Å². The van der Waals surface area contributed by atoms with Gasteiger partial charge in [-0.3, -0.25) is 0 Å². The predicted octanol–water partition coefficient (Wildman–Crippen LogP) is 4.96. The van der Waals surface area contributed by atoms with Crippen molar-refractivity contribution >= 4 is 6.88 Å². The maximum absolute atomic E-state index is 2.77. The second kappa shape index (κ2) is 5.45. The third-order valence-corrected chi connectivity index (χ3v) is 22.2. The molecule has 0 aromatic rings. The molecule has 0 amide bonds. The molecule has 2 rings (SSSR count). The van der Waals surface area contributed by atoms with Gasteiger partial charge >= 0.3 is 122 Å². The zero-order chi connectivity index (χ0) is 14.1. The number of rotatable bonds is 5. The molecule has 2 aliphatic carbocycles. The van der Waals surface area contributed by atoms with Crippen molar-refractivity contribution in [2.45, 2.75) is 55.2 Å². The van der Waals surface area contributed by atoms with Crippen LogP contribution in [0.1, 0.15) is 46.0 Å². The van der Waals surface area contributed by atoms with Gasteiger partial charge in [-0.2, -0.15) is 0 Å². The molecule has 0 unspecified atom stereocenters. The molecule has 0 aromatic carbocycles. The Labute approximate surface area is 121 Å². The third kappa shape index (κ3) is 3.05. The summed E-state index contributed by atoms with van der Waals surface area (Å²) in [6.07, 6.45) is 16.0. The van der Waals surface area contributed by atoms with Crippen LogP contribution < -0.4 is 0 Å². The summed E-state index contributed by atoms with van der Waals surface area (Å²) < 4.78 is 8.84. The van der Waals surface area contributed by atoms with E-state index in [0.717, 1.165) is 0 Å². The third-order valence-electron chi connectivity index (χ3n) is 5.02. The van der Waals surface area contributed by atoms with Gasteiger partial charge < -0.3 is 0 Å². The molecule has 2 aliphatic rings. The van der Waals surface area contributed by atoms with Crippen LogP contribution in [0.25, 0.3) is 0 Å². The van der Waals surface area contributed by atoms with Crippen molar-refractivity contribution < 1.29 is 17.4 Å². The van der Waals surface area contributed by atoms with Gasteiger partial charge in [-0.25, -0.2) is 0 Å².